The molecule has 4 heteroatoms. The minimum atomic E-state index is -0.653. The SMILES string of the molecule is CN1CCC(N(P(c2ccccc2)c2ccccc2)P2[C@@H](c3ccccc3)CC[C@@H]2c2ccccc2)CC1. The van der Waals surface area contributed by atoms with Gasteiger partial charge in [-0.2, -0.15) is 0 Å². The molecule has 2 atom stereocenters. The third kappa shape index (κ3) is 5.52. The fraction of sp³-hybridized carbons (Fsp3) is 0.294. The normalized spacial score (nSPS) is 21.3. The maximum absolute atomic E-state index is 3.13. The minimum absolute atomic E-state index is 0.468. The van der Waals surface area contributed by atoms with Gasteiger partial charge in [0.1, 0.15) is 0 Å². The second kappa shape index (κ2) is 12.2. The molecular weight excluding hydrogens is 498 g/mol. The summed E-state index contributed by atoms with van der Waals surface area (Å²) in [7, 11) is 1.17. The Hall–Kier alpha value is -2.34. The summed E-state index contributed by atoms with van der Waals surface area (Å²) in [5.41, 5.74) is 4.25. The summed E-state index contributed by atoms with van der Waals surface area (Å²) >= 11 is 0. The van der Waals surface area contributed by atoms with Gasteiger partial charge in [0.15, 0.2) is 0 Å². The molecule has 38 heavy (non-hydrogen) atoms. The fourth-order valence-electron chi connectivity index (χ4n) is 6.28. The molecule has 0 bridgehead atoms. The molecule has 0 aromatic heterocycles. The maximum Gasteiger partial charge on any atom is 0.0321 e. The Kier molecular flexibility index (Phi) is 8.34. The van der Waals surface area contributed by atoms with Gasteiger partial charge in [-0.15, -0.1) is 0 Å². The third-order valence-electron chi connectivity index (χ3n) is 8.18. The van der Waals surface area contributed by atoms with Gasteiger partial charge in [0, 0.05) is 25.4 Å². The van der Waals surface area contributed by atoms with Crippen LogP contribution in [0.3, 0.4) is 0 Å². The Bertz CT molecular complexity index is 1170. The highest BCUT2D eigenvalue weighted by Gasteiger charge is 2.47. The van der Waals surface area contributed by atoms with E-state index in [0.29, 0.717) is 17.4 Å². The average Bonchev–Trinajstić information content (AvgIpc) is 3.43. The van der Waals surface area contributed by atoms with Crippen LogP contribution in [-0.4, -0.2) is 35.5 Å². The highest BCUT2D eigenvalue weighted by molar-refractivity contribution is 7.79. The van der Waals surface area contributed by atoms with E-state index in [1.165, 1.54) is 60.5 Å². The summed E-state index contributed by atoms with van der Waals surface area (Å²) < 4.78 is 3.13. The van der Waals surface area contributed by atoms with Crippen LogP contribution in [0.4, 0.5) is 0 Å². The van der Waals surface area contributed by atoms with Crippen LogP contribution < -0.4 is 10.6 Å². The highest BCUT2D eigenvalue weighted by atomic mass is 31.2. The number of hydrogen-bond acceptors (Lipinski definition) is 2. The van der Waals surface area contributed by atoms with E-state index in [9.17, 15) is 0 Å². The van der Waals surface area contributed by atoms with Crippen LogP contribution in [0.1, 0.15) is 48.1 Å². The van der Waals surface area contributed by atoms with Crippen LogP contribution in [0.2, 0.25) is 0 Å². The molecule has 6 rings (SSSR count). The van der Waals surface area contributed by atoms with Crippen LogP contribution in [0.15, 0.2) is 121 Å². The van der Waals surface area contributed by atoms with Gasteiger partial charge in [-0.05, 0) is 75.6 Å². The number of hydrogen-bond donors (Lipinski definition) is 0. The predicted molar refractivity (Wildman–Crippen MR) is 166 cm³/mol. The van der Waals surface area contributed by atoms with E-state index < -0.39 is 16.1 Å². The number of rotatable bonds is 7. The molecule has 0 unspecified atom stereocenters. The van der Waals surface area contributed by atoms with E-state index >= 15 is 0 Å². The average molecular weight is 537 g/mol. The van der Waals surface area contributed by atoms with Gasteiger partial charge in [-0.1, -0.05) is 121 Å². The van der Waals surface area contributed by atoms with Gasteiger partial charge in [0.2, 0.25) is 0 Å². The molecular formula is C34H38N2P2. The van der Waals surface area contributed by atoms with Crippen molar-refractivity contribution in [3.05, 3.63) is 132 Å². The quantitative estimate of drug-likeness (QED) is 0.220. The fourth-order valence-corrected chi connectivity index (χ4v) is 14.1. The van der Waals surface area contributed by atoms with Crippen molar-refractivity contribution in [3.8, 4) is 0 Å². The highest BCUT2D eigenvalue weighted by Crippen LogP contribution is 2.77. The summed E-state index contributed by atoms with van der Waals surface area (Å²) in [6.45, 7) is 2.37. The Morgan fingerprint density at radius 1 is 0.579 bits per heavy atom. The van der Waals surface area contributed by atoms with Crippen molar-refractivity contribution in [1.29, 1.82) is 0 Å². The van der Waals surface area contributed by atoms with E-state index in [0.717, 1.165) is 0 Å². The van der Waals surface area contributed by atoms with Crippen LogP contribution in [0.25, 0.3) is 0 Å². The van der Waals surface area contributed by atoms with E-state index in [4.69, 9.17) is 0 Å². The van der Waals surface area contributed by atoms with Crippen molar-refractivity contribution in [1.82, 2.24) is 9.34 Å². The molecule has 0 radical (unpaired) electrons. The van der Waals surface area contributed by atoms with Crippen molar-refractivity contribution in [2.24, 2.45) is 0 Å². The topological polar surface area (TPSA) is 6.48 Å². The van der Waals surface area contributed by atoms with Crippen molar-refractivity contribution in [3.63, 3.8) is 0 Å². The molecule has 4 aromatic carbocycles. The smallest absolute Gasteiger partial charge is 0.0321 e. The van der Waals surface area contributed by atoms with Gasteiger partial charge >= 0.3 is 0 Å². The lowest BCUT2D eigenvalue weighted by Gasteiger charge is -2.48. The summed E-state index contributed by atoms with van der Waals surface area (Å²) in [6, 6.07) is 46.4. The standard InChI is InChI=1S/C34H38N2P2/c1-35-26-24-30(25-27-35)36(37(31-18-10-4-11-19-31)32-20-12-5-13-21-32)38-33(28-14-6-2-7-15-28)22-23-34(38)29-16-8-3-9-17-29/h2-21,30,33-34H,22-27H2,1H3/t33-,34-/m1/s1. The number of likely N-dealkylation sites (tertiary alicyclic amines) is 1. The molecule has 2 heterocycles. The molecule has 2 saturated heterocycles. The second-order valence-corrected chi connectivity index (χ2v) is 15.5. The molecule has 0 aliphatic carbocycles. The van der Waals surface area contributed by atoms with Crippen LogP contribution in [0.5, 0.6) is 0 Å². The van der Waals surface area contributed by atoms with Crippen LogP contribution >= 0.6 is 16.1 Å². The molecule has 194 valence electrons. The monoisotopic (exact) mass is 536 g/mol. The zero-order valence-electron chi connectivity index (χ0n) is 22.3. The lowest BCUT2D eigenvalue weighted by atomic mass is 10.0. The molecule has 2 aliphatic heterocycles. The first kappa shape index (κ1) is 25.9. The molecule has 0 saturated carbocycles. The largest absolute Gasteiger partial charge is 0.306 e. The zero-order chi connectivity index (χ0) is 25.7. The van der Waals surface area contributed by atoms with E-state index in [1.807, 2.05) is 0 Å². The second-order valence-electron chi connectivity index (χ2n) is 10.6. The molecule has 0 N–H and O–H groups in total. The molecule has 2 fully saturated rings. The Labute approximate surface area is 231 Å². The summed E-state index contributed by atoms with van der Waals surface area (Å²) in [5, 5.41) is 2.97. The van der Waals surface area contributed by atoms with Gasteiger partial charge in [-0.25, -0.2) is 4.44 Å². The molecule has 2 aliphatic rings. The minimum Gasteiger partial charge on any atom is -0.306 e. The van der Waals surface area contributed by atoms with Crippen molar-refractivity contribution >= 4 is 26.8 Å². The van der Waals surface area contributed by atoms with E-state index in [2.05, 4.69) is 138 Å². The number of piperidine rings is 1. The summed E-state index contributed by atoms with van der Waals surface area (Å²) in [4.78, 5) is 2.52. The van der Waals surface area contributed by atoms with Gasteiger partial charge in [-0.3, -0.25) is 0 Å². The number of nitrogens with zero attached hydrogens (tertiary/aromatic N) is 2. The van der Waals surface area contributed by atoms with Gasteiger partial charge in [0.05, 0.1) is 0 Å². The summed E-state index contributed by atoms with van der Waals surface area (Å²) in [6.07, 6.45) is 5.03. The lowest BCUT2D eigenvalue weighted by Crippen LogP contribution is -2.42. The Morgan fingerprint density at radius 3 is 1.39 bits per heavy atom. The Morgan fingerprint density at radius 2 is 0.974 bits per heavy atom. The molecule has 0 amide bonds. The lowest BCUT2D eigenvalue weighted by molar-refractivity contribution is 0.224. The molecule has 4 aromatic rings. The maximum atomic E-state index is 3.13. The van der Waals surface area contributed by atoms with Crippen LogP contribution in [0, 0.1) is 0 Å². The van der Waals surface area contributed by atoms with Crippen molar-refractivity contribution in [2.45, 2.75) is 43.0 Å². The van der Waals surface area contributed by atoms with Crippen LogP contribution in [-0.2, 0) is 0 Å². The summed E-state index contributed by atoms with van der Waals surface area (Å²) in [5.74, 6) is 0. The van der Waals surface area contributed by atoms with E-state index in [-0.39, 0.29) is 0 Å². The molecule has 0 spiro atoms. The number of benzene rings is 4. The first-order valence-corrected chi connectivity index (χ1v) is 16.8. The van der Waals surface area contributed by atoms with E-state index in [1.54, 1.807) is 0 Å². The first-order chi connectivity index (χ1) is 18.8. The van der Waals surface area contributed by atoms with Gasteiger partial charge in [0.25, 0.3) is 0 Å². The predicted octanol–water partition coefficient (Wildman–Crippen LogP) is 8.10. The molecule has 2 nitrogen and oxygen atoms in total. The van der Waals surface area contributed by atoms with Gasteiger partial charge < -0.3 is 4.90 Å². The van der Waals surface area contributed by atoms with Crippen molar-refractivity contribution < 1.29 is 0 Å². The third-order valence-corrected chi connectivity index (χ3v) is 14.8. The Balaban J connectivity index is 1.53. The zero-order valence-corrected chi connectivity index (χ0v) is 24.1. The first-order valence-electron chi connectivity index (χ1n) is 14.1. The van der Waals surface area contributed by atoms with Crippen molar-refractivity contribution in [2.75, 3.05) is 20.1 Å².